The molecule has 0 heterocycles. The van der Waals surface area contributed by atoms with Crippen molar-refractivity contribution in [2.75, 3.05) is 39.6 Å². The van der Waals surface area contributed by atoms with Crippen molar-refractivity contribution >= 4 is 23.4 Å². The Hall–Kier alpha value is -0.136. The van der Waals surface area contributed by atoms with E-state index in [0.29, 0.717) is 65.3 Å². The zero-order valence-corrected chi connectivity index (χ0v) is 25.8. The molecule has 34 heavy (non-hydrogen) atoms. The van der Waals surface area contributed by atoms with E-state index < -0.39 is 27.7 Å². The Kier molecular flexibility index (Phi) is 16.5. The van der Waals surface area contributed by atoms with Crippen LogP contribution in [0.15, 0.2) is 0 Å². The van der Waals surface area contributed by atoms with Crippen molar-refractivity contribution < 1.29 is 31.4 Å². The van der Waals surface area contributed by atoms with Gasteiger partial charge in [-0.05, 0) is 67.2 Å². The highest BCUT2D eigenvalue weighted by Gasteiger charge is 2.73. The van der Waals surface area contributed by atoms with Crippen LogP contribution < -0.4 is 0 Å². The number of hydrogen-bond acceptors (Lipinski definition) is 7. The summed E-state index contributed by atoms with van der Waals surface area (Å²) in [6.07, 6.45) is 3.97. The molecular weight excluding hydrogens is 468 g/mol. The largest absolute Gasteiger partial charge is 0.515 e. The van der Waals surface area contributed by atoms with Crippen molar-refractivity contribution in [2.45, 2.75) is 118 Å². The lowest BCUT2D eigenvalue weighted by atomic mass is 9.82. The van der Waals surface area contributed by atoms with Gasteiger partial charge in [0.15, 0.2) is 5.78 Å². The summed E-state index contributed by atoms with van der Waals surface area (Å²) in [4.78, 5) is 15.3. The summed E-state index contributed by atoms with van der Waals surface area (Å²) in [6.45, 7) is 22.5. The minimum Gasteiger partial charge on any atom is -0.373 e. The molecule has 0 aliphatic heterocycles. The second-order valence-corrected chi connectivity index (χ2v) is 14.3. The van der Waals surface area contributed by atoms with Gasteiger partial charge in [-0.2, -0.15) is 0 Å². The van der Waals surface area contributed by atoms with E-state index in [-0.39, 0.29) is 5.78 Å². The molecular formula is C25H54O7Si2. The average molecular weight is 523 g/mol. The lowest BCUT2D eigenvalue weighted by molar-refractivity contribution is -0.132. The molecule has 0 radical (unpaired) electrons. The third-order valence-electron chi connectivity index (χ3n) is 6.61. The first-order valence-electron chi connectivity index (χ1n) is 13.6. The Morgan fingerprint density at radius 1 is 0.500 bits per heavy atom. The molecule has 0 N–H and O–H groups in total. The summed E-state index contributed by atoms with van der Waals surface area (Å²) in [5.41, 5.74) is 0. The summed E-state index contributed by atoms with van der Waals surface area (Å²) >= 11 is 0. The van der Waals surface area contributed by atoms with Crippen molar-refractivity contribution in [1.29, 1.82) is 0 Å². The smallest absolute Gasteiger partial charge is 0.373 e. The van der Waals surface area contributed by atoms with Crippen molar-refractivity contribution in [3.63, 3.8) is 0 Å². The van der Waals surface area contributed by atoms with Gasteiger partial charge < -0.3 is 26.6 Å². The van der Waals surface area contributed by atoms with E-state index in [2.05, 4.69) is 27.7 Å². The predicted molar refractivity (Wildman–Crippen MR) is 142 cm³/mol. The van der Waals surface area contributed by atoms with E-state index in [1.165, 1.54) is 0 Å². The molecule has 2 unspecified atom stereocenters. The van der Waals surface area contributed by atoms with E-state index >= 15 is 4.79 Å². The van der Waals surface area contributed by atoms with Crippen LogP contribution in [0.4, 0.5) is 0 Å². The minimum atomic E-state index is -3.46. The SMILES string of the molecule is CCCC(CC)(C(=O)C(CC)(CCC)[Si](OCC)(OCC)OCC)[Si](OCC)(OCC)OCC. The molecule has 0 rings (SSSR count). The Labute approximate surface area is 212 Å². The molecule has 0 bridgehead atoms. The number of Topliss-reactive ketones (excluding diaryl/α,β-unsaturated/α-hetero) is 1. The molecule has 0 aliphatic carbocycles. The van der Waals surface area contributed by atoms with Crippen LogP contribution in [-0.2, 0) is 31.4 Å². The molecule has 2 atom stereocenters. The number of carbonyl (C=O) groups is 1. The molecule has 0 aromatic carbocycles. The third kappa shape index (κ3) is 6.59. The van der Waals surface area contributed by atoms with Gasteiger partial charge in [0.2, 0.25) is 0 Å². The van der Waals surface area contributed by atoms with Gasteiger partial charge in [-0.15, -0.1) is 0 Å². The summed E-state index contributed by atoms with van der Waals surface area (Å²) in [7, 11) is -6.91. The number of carbonyl (C=O) groups excluding carboxylic acids is 1. The maximum absolute atomic E-state index is 15.3. The van der Waals surface area contributed by atoms with Crippen molar-refractivity contribution in [3.8, 4) is 0 Å². The highest BCUT2D eigenvalue weighted by atomic mass is 28.4. The van der Waals surface area contributed by atoms with Crippen LogP contribution in [0.25, 0.3) is 0 Å². The topological polar surface area (TPSA) is 72.5 Å². The molecule has 0 saturated heterocycles. The lowest BCUT2D eigenvalue weighted by Gasteiger charge is -2.51. The van der Waals surface area contributed by atoms with Gasteiger partial charge in [0, 0.05) is 39.6 Å². The molecule has 7 nitrogen and oxygen atoms in total. The van der Waals surface area contributed by atoms with Crippen LogP contribution in [0.1, 0.15) is 108 Å². The molecule has 0 aliphatic rings. The zero-order valence-electron chi connectivity index (χ0n) is 23.8. The van der Waals surface area contributed by atoms with Crippen LogP contribution in [0.2, 0.25) is 10.1 Å². The van der Waals surface area contributed by atoms with Crippen molar-refractivity contribution in [3.05, 3.63) is 0 Å². The summed E-state index contributed by atoms with van der Waals surface area (Å²) < 4.78 is 38.5. The first-order chi connectivity index (χ1) is 16.3. The first kappa shape index (κ1) is 33.9. The van der Waals surface area contributed by atoms with E-state index in [1.807, 2.05) is 41.5 Å². The van der Waals surface area contributed by atoms with Crippen LogP contribution in [0.5, 0.6) is 0 Å². The zero-order chi connectivity index (χ0) is 26.3. The van der Waals surface area contributed by atoms with Crippen LogP contribution in [0, 0.1) is 0 Å². The molecule has 0 aromatic rings. The fourth-order valence-corrected chi connectivity index (χ4v) is 13.0. The van der Waals surface area contributed by atoms with E-state index in [4.69, 9.17) is 26.6 Å². The monoisotopic (exact) mass is 522 g/mol. The van der Waals surface area contributed by atoms with Gasteiger partial charge in [0.25, 0.3) is 0 Å². The molecule has 0 amide bonds. The minimum absolute atomic E-state index is 0.0812. The van der Waals surface area contributed by atoms with Crippen LogP contribution in [-0.4, -0.2) is 63.0 Å². The Bertz CT molecular complexity index is 483. The van der Waals surface area contributed by atoms with Gasteiger partial charge in [-0.1, -0.05) is 40.5 Å². The average Bonchev–Trinajstić information content (AvgIpc) is 2.81. The fraction of sp³-hybridized carbons (Fsp3) is 0.960. The highest BCUT2D eigenvalue weighted by molar-refractivity contribution is 6.75. The predicted octanol–water partition coefficient (Wildman–Crippen LogP) is 6.55. The number of rotatable bonds is 22. The second-order valence-electron chi connectivity index (χ2n) is 8.41. The van der Waals surface area contributed by atoms with Gasteiger partial charge in [-0.3, -0.25) is 4.79 Å². The van der Waals surface area contributed by atoms with Gasteiger partial charge in [0.1, 0.15) is 0 Å². The second kappa shape index (κ2) is 16.6. The molecule has 0 saturated carbocycles. The van der Waals surface area contributed by atoms with Gasteiger partial charge >= 0.3 is 17.6 Å². The van der Waals surface area contributed by atoms with Crippen molar-refractivity contribution in [1.82, 2.24) is 0 Å². The van der Waals surface area contributed by atoms with Gasteiger partial charge in [0.05, 0.1) is 10.1 Å². The lowest BCUT2D eigenvalue weighted by Crippen LogP contribution is -2.67. The summed E-state index contributed by atoms with van der Waals surface area (Å²) in [5, 5.41) is -1.84. The standard InChI is InChI=1S/C25H54O7Si2/c1-11-21-24(13-3,33(27-15-5,28-16-6)29-17-7)23(26)25(14-4,22-12-2)34(30-18-8,31-19-9)32-20-10/h11-22H2,1-10H3. The Balaban J connectivity index is 7.46. The normalized spacial score (nSPS) is 16.3. The molecule has 204 valence electrons. The third-order valence-corrected chi connectivity index (χ3v) is 14.6. The maximum Gasteiger partial charge on any atom is 0.515 e. The van der Waals surface area contributed by atoms with Gasteiger partial charge in [-0.25, -0.2) is 0 Å². The van der Waals surface area contributed by atoms with Crippen molar-refractivity contribution in [2.24, 2.45) is 0 Å². The summed E-state index contributed by atoms with van der Waals surface area (Å²) in [5.74, 6) is 0.0812. The van der Waals surface area contributed by atoms with E-state index in [9.17, 15) is 0 Å². The number of ketones is 1. The quantitative estimate of drug-likeness (QED) is 0.149. The highest BCUT2D eigenvalue weighted by Crippen LogP contribution is 2.60. The first-order valence-corrected chi connectivity index (χ1v) is 17.1. The van der Waals surface area contributed by atoms with Crippen LogP contribution >= 0.6 is 0 Å². The molecule has 0 fully saturated rings. The Morgan fingerprint density at radius 2 is 0.735 bits per heavy atom. The van der Waals surface area contributed by atoms with E-state index in [1.54, 1.807) is 0 Å². The summed E-state index contributed by atoms with van der Waals surface area (Å²) in [6, 6.07) is 0. The number of hydrogen-bond donors (Lipinski definition) is 0. The molecule has 0 aromatic heterocycles. The fourth-order valence-electron chi connectivity index (χ4n) is 5.45. The maximum atomic E-state index is 15.3. The van der Waals surface area contributed by atoms with E-state index in [0.717, 1.165) is 12.8 Å². The molecule has 9 heteroatoms. The Morgan fingerprint density at radius 3 is 0.882 bits per heavy atom. The molecule has 0 spiro atoms. The van der Waals surface area contributed by atoms with Crippen LogP contribution in [0.3, 0.4) is 0 Å².